The fourth-order valence-corrected chi connectivity index (χ4v) is 1.42. The molecule has 4 heteroatoms. The monoisotopic (exact) mass is 159 g/mol. The molecule has 0 aromatic heterocycles. The summed E-state index contributed by atoms with van der Waals surface area (Å²) < 4.78 is 5.27. The van der Waals surface area contributed by atoms with Crippen molar-refractivity contribution in [3.63, 3.8) is 0 Å². The summed E-state index contributed by atoms with van der Waals surface area (Å²) in [6, 6.07) is 0. The summed E-state index contributed by atoms with van der Waals surface area (Å²) in [5, 5.41) is 8.41. The molecule has 1 rings (SSSR count). The number of ether oxygens (including phenoxy) is 1. The molecule has 11 heavy (non-hydrogen) atoms. The lowest BCUT2D eigenvalue weighted by Gasteiger charge is -2.23. The minimum absolute atomic E-state index is 0.419. The maximum atomic E-state index is 11.1. The lowest BCUT2D eigenvalue weighted by atomic mass is 9.96. The predicted octanol–water partition coefficient (Wildman–Crippen LogP) is 0.451. The molecule has 4 nitrogen and oxygen atoms in total. The molecule has 1 amide bonds. The third kappa shape index (κ3) is 1.36. The molecular formula is C7H13NO3. The van der Waals surface area contributed by atoms with Gasteiger partial charge in [0.15, 0.2) is 0 Å². The van der Waals surface area contributed by atoms with Gasteiger partial charge in [-0.05, 0) is 19.3 Å². The first kappa shape index (κ1) is 8.49. The smallest absolute Gasteiger partial charge is 0.275 e. The topological polar surface area (TPSA) is 58.6 Å². The van der Waals surface area contributed by atoms with E-state index in [4.69, 9.17) is 9.94 Å². The minimum Gasteiger partial charge on any atom is -0.365 e. The Bertz CT molecular complexity index is 152. The lowest BCUT2D eigenvalue weighted by Crippen LogP contribution is -2.44. The molecular weight excluding hydrogens is 146 g/mol. The molecule has 0 spiro atoms. The van der Waals surface area contributed by atoms with Gasteiger partial charge in [-0.1, -0.05) is 6.92 Å². The number of hydroxylamine groups is 1. The molecule has 0 aliphatic carbocycles. The van der Waals surface area contributed by atoms with Crippen LogP contribution in [0.15, 0.2) is 0 Å². The maximum Gasteiger partial charge on any atom is 0.275 e. The zero-order valence-electron chi connectivity index (χ0n) is 6.59. The first-order valence-corrected chi connectivity index (χ1v) is 3.83. The van der Waals surface area contributed by atoms with Gasteiger partial charge < -0.3 is 4.74 Å². The summed E-state index contributed by atoms with van der Waals surface area (Å²) in [5.41, 5.74) is 0.880. The van der Waals surface area contributed by atoms with Crippen LogP contribution in [-0.4, -0.2) is 23.3 Å². The van der Waals surface area contributed by atoms with Crippen LogP contribution in [0.5, 0.6) is 0 Å². The van der Waals surface area contributed by atoms with E-state index < -0.39 is 11.5 Å². The van der Waals surface area contributed by atoms with Crippen molar-refractivity contribution < 1.29 is 14.7 Å². The zero-order valence-corrected chi connectivity index (χ0v) is 6.59. The van der Waals surface area contributed by atoms with Gasteiger partial charge in [-0.2, -0.15) is 0 Å². The van der Waals surface area contributed by atoms with Crippen LogP contribution in [0, 0.1) is 0 Å². The Morgan fingerprint density at radius 3 is 2.91 bits per heavy atom. The largest absolute Gasteiger partial charge is 0.365 e. The van der Waals surface area contributed by atoms with Gasteiger partial charge in [0.2, 0.25) is 0 Å². The molecule has 0 saturated carbocycles. The van der Waals surface area contributed by atoms with Crippen molar-refractivity contribution in [3.05, 3.63) is 0 Å². The number of carbonyl (C=O) groups excluding carboxylic acids is 1. The van der Waals surface area contributed by atoms with Crippen molar-refractivity contribution in [2.75, 3.05) is 6.61 Å². The van der Waals surface area contributed by atoms with Crippen molar-refractivity contribution >= 4 is 5.91 Å². The molecule has 1 aliphatic heterocycles. The Labute approximate surface area is 65.5 Å². The van der Waals surface area contributed by atoms with Gasteiger partial charge in [0.05, 0.1) is 0 Å². The summed E-state index contributed by atoms with van der Waals surface area (Å²) in [6.07, 6.45) is 2.20. The van der Waals surface area contributed by atoms with Crippen LogP contribution in [0.2, 0.25) is 0 Å². The molecule has 1 heterocycles. The van der Waals surface area contributed by atoms with E-state index in [-0.39, 0.29) is 0 Å². The SMILES string of the molecule is CCC1(C(=O)NO)CCCO1. The summed E-state index contributed by atoms with van der Waals surface area (Å²) in [7, 11) is 0. The quantitative estimate of drug-likeness (QED) is 0.454. The number of rotatable bonds is 2. The molecule has 1 aliphatic rings. The van der Waals surface area contributed by atoms with Crippen LogP contribution in [-0.2, 0) is 9.53 Å². The van der Waals surface area contributed by atoms with Crippen LogP contribution < -0.4 is 5.48 Å². The lowest BCUT2D eigenvalue weighted by molar-refractivity contribution is -0.150. The number of hydrogen-bond acceptors (Lipinski definition) is 3. The van der Waals surface area contributed by atoms with Crippen LogP contribution in [0.3, 0.4) is 0 Å². The van der Waals surface area contributed by atoms with Crippen molar-refractivity contribution in [2.45, 2.75) is 31.8 Å². The Balaban J connectivity index is 2.66. The Morgan fingerprint density at radius 2 is 2.55 bits per heavy atom. The minimum atomic E-state index is -0.755. The standard InChI is InChI=1S/C7H13NO3/c1-2-7(6(9)8-10)4-3-5-11-7/h10H,2-5H2,1H3,(H,8,9). The highest BCUT2D eigenvalue weighted by molar-refractivity contribution is 5.84. The van der Waals surface area contributed by atoms with E-state index in [1.807, 2.05) is 6.92 Å². The number of amides is 1. The highest BCUT2D eigenvalue weighted by Gasteiger charge is 2.40. The van der Waals surface area contributed by atoms with Gasteiger partial charge in [0.25, 0.3) is 5.91 Å². The van der Waals surface area contributed by atoms with E-state index in [0.29, 0.717) is 19.4 Å². The van der Waals surface area contributed by atoms with Gasteiger partial charge in [-0.15, -0.1) is 0 Å². The number of nitrogens with one attached hydrogen (secondary N) is 1. The van der Waals surface area contributed by atoms with Crippen LogP contribution in [0.4, 0.5) is 0 Å². The third-order valence-corrected chi connectivity index (χ3v) is 2.19. The fourth-order valence-electron chi connectivity index (χ4n) is 1.42. The van der Waals surface area contributed by atoms with Gasteiger partial charge in [-0.25, -0.2) is 5.48 Å². The normalized spacial score (nSPS) is 30.4. The Hall–Kier alpha value is -0.610. The van der Waals surface area contributed by atoms with Crippen molar-refractivity contribution in [1.29, 1.82) is 0 Å². The molecule has 0 radical (unpaired) electrons. The fraction of sp³-hybridized carbons (Fsp3) is 0.857. The van der Waals surface area contributed by atoms with Gasteiger partial charge in [0, 0.05) is 6.61 Å². The second kappa shape index (κ2) is 3.19. The number of hydrogen-bond donors (Lipinski definition) is 2. The molecule has 1 atom stereocenters. The van der Waals surface area contributed by atoms with E-state index in [9.17, 15) is 4.79 Å². The third-order valence-electron chi connectivity index (χ3n) is 2.19. The zero-order chi connectivity index (χ0) is 8.32. The second-order valence-corrected chi connectivity index (χ2v) is 2.74. The van der Waals surface area contributed by atoms with E-state index >= 15 is 0 Å². The van der Waals surface area contributed by atoms with E-state index in [0.717, 1.165) is 6.42 Å². The molecule has 0 bridgehead atoms. The molecule has 2 N–H and O–H groups in total. The Morgan fingerprint density at radius 1 is 1.82 bits per heavy atom. The van der Waals surface area contributed by atoms with E-state index in [1.165, 1.54) is 0 Å². The average Bonchev–Trinajstić information content (AvgIpc) is 2.52. The van der Waals surface area contributed by atoms with Crippen LogP contribution in [0.25, 0.3) is 0 Å². The molecule has 1 fully saturated rings. The highest BCUT2D eigenvalue weighted by atomic mass is 16.5. The van der Waals surface area contributed by atoms with Crippen molar-refractivity contribution in [2.24, 2.45) is 0 Å². The first-order chi connectivity index (χ1) is 5.25. The van der Waals surface area contributed by atoms with Crippen LogP contribution >= 0.6 is 0 Å². The summed E-state index contributed by atoms with van der Waals surface area (Å²) in [6.45, 7) is 2.49. The van der Waals surface area contributed by atoms with Crippen molar-refractivity contribution in [1.82, 2.24) is 5.48 Å². The second-order valence-electron chi connectivity index (χ2n) is 2.74. The summed E-state index contributed by atoms with van der Waals surface area (Å²) in [4.78, 5) is 11.1. The van der Waals surface area contributed by atoms with Crippen LogP contribution in [0.1, 0.15) is 26.2 Å². The van der Waals surface area contributed by atoms with Crippen molar-refractivity contribution in [3.8, 4) is 0 Å². The summed E-state index contributed by atoms with van der Waals surface area (Å²) in [5.74, 6) is -0.419. The molecule has 1 saturated heterocycles. The molecule has 64 valence electrons. The van der Waals surface area contributed by atoms with Gasteiger partial charge in [0.1, 0.15) is 5.60 Å². The number of carbonyl (C=O) groups is 1. The molecule has 0 aromatic rings. The highest BCUT2D eigenvalue weighted by Crippen LogP contribution is 2.28. The average molecular weight is 159 g/mol. The predicted molar refractivity (Wildman–Crippen MR) is 38.1 cm³/mol. The summed E-state index contributed by atoms with van der Waals surface area (Å²) >= 11 is 0. The van der Waals surface area contributed by atoms with Gasteiger partial charge in [-0.3, -0.25) is 10.0 Å². The maximum absolute atomic E-state index is 11.1. The molecule has 0 aromatic carbocycles. The first-order valence-electron chi connectivity index (χ1n) is 3.83. The Kier molecular flexibility index (Phi) is 2.46. The van der Waals surface area contributed by atoms with Gasteiger partial charge >= 0.3 is 0 Å². The van der Waals surface area contributed by atoms with E-state index in [2.05, 4.69) is 0 Å². The van der Waals surface area contributed by atoms with E-state index in [1.54, 1.807) is 5.48 Å². The molecule has 1 unspecified atom stereocenters.